The van der Waals surface area contributed by atoms with Gasteiger partial charge in [0.1, 0.15) is 0 Å². The number of nitrogens with zero attached hydrogens (tertiary/aromatic N) is 3. The number of benzene rings is 1. The predicted octanol–water partition coefficient (Wildman–Crippen LogP) is 2.02. The van der Waals surface area contributed by atoms with Crippen LogP contribution in [0.4, 0.5) is 0 Å². The van der Waals surface area contributed by atoms with Crippen LogP contribution in [0.5, 0.6) is 0 Å². The highest BCUT2D eigenvalue weighted by atomic mass is 15.2. The summed E-state index contributed by atoms with van der Waals surface area (Å²) in [6.07, 6.45) is 1.17. The summed E-state index contributed by atoms with van der Waals surface area (Å²) in [5, 5.41) is 8.72. The van der Waals surface area contributed by atoms with Gasteiger partial charge in [0.25, 0.3) is 0 Å². The van der Waals surface area contributed by atoms with E-state index in [0.29, 0.717) is 12.6 Å². The molecule has 0 amide bonds. The zero-order valence-corrected chi connectivity index (χ0v) is 11.3. The first-order valence-corrected chi connectivity index (χ1v) is 6.54. The largest absolute Gasteiger partial charge is 0.297 e. The molecule has 1 atom stereocenters. The minimum absolute atomic E-state index is 0.531. The molecule has 1 heterocycles. The second kappa shape index (κ2) is 5.99. The van der Waals surface area contributed by atoms with E-state index in [1.165, 1.54) is 17.5 Å². The molecule has 0 spiro atoms. The van der Waals surface area contributed by atoms with Crippen molar-refractivity contribution in [3.8, 4) is 6.07 Å². The number of hydrogen-bond donors (Lipinski definition) is 0. The van der Waals surface area contributed by atoms with Crippen LogP contribution < -0.4 is 0 Å². The molecule has 1 saturated heterocycles. The Kier molecular flexibility index (Phi) is 4.35. The quantitative estimate of drug-likeness (QED) is 0.758. The molecule has 3 heteroatoms. The van der Waals surface area contributed by atoms with Crippen LogP contribution in [0.1, 0.15) is 17.5 Å². The summed E-state index contributed by atoms with van der Waals surface area (Å²) in [7, 11) is 2.05. The normalized spacial score (nSPS) is 20.2. The van der Waals surface area contributed by atoms with Crippen LogP contribution >= 0.6 is 0 Å². The van der Waals surface area contributed by atoms with Crippen molar-refractivity contribution < 1.29 is 0 Å². The Morgan fingerprint density at radius 2 is 2.33 bits per heavy atom. The standard InChI is InChI=1S/C15H21N3/c1-13-4-3-5-14(10-13)11-18-8-6-15(12-18)17(2)9-7-16/h3-5,10,15H,6,8-9,11-12H2,1-2H3. The van der Waals surface area contributed by atoms with Gasteiger partial charge in [-0.25, -0.2) is 0 Å². The summed E-state index contributed by atoms with van der Waals surface area (Å²) in [4.78, 5) is 4.64. The lowest BCUT2D eigenvalue weighted by atomic mass is 10.1. The van der Waals surface area contributed by atoms with Crippen molar-refractivity contribution >= 4 is 0 Å². The third kappa shape index (κ3) is 3.32. The van der Waals surface area contributed by atoms with Gasteiger partial charge in [-0.1, -0.05) is 29.8 Å². The molecule has 0 aliphatic carbocycles. The molecule has 1 aromatic carbocycles. The Morgan fingerprint density at radius 1 is 1.50 bits per heavy atom. The maximum Gasteiger partial charge on any atom is 0.0866 e. The molecular formula is C15H21N3. The van der Waals surface area contributed by atoms with Crippen molar-refractivity contribution in [2.45, 2.75) is 25.9 Å². The van der Waals surface area contributed by atoms with E-state index in [0.717, 1.165) is 19.6 Å². The van der Waals surface area contributed by atoms with Crippen LogP contribution in [-0.2, 0) is 6.54 Å². The third-order valence-electron chi connectivity index (χ3n) is 3.68. The van der Waals surface area contributed by atoms with Gasteiger partial charge in [0.2, 0.25) is 0 Å². The number of hydrogen-bond acceptors (Lipinski definition) is 3. The first-order chi connectivity index (χ1) is 8.69. The molecule has 1 aliphatic heterocycles. The van der Waals surface area contributed by atoms with Crippen LogP contribution in [-0.4, -0.2) is 42.5 Å². The molecule has 1 unspecified atom stereocenters. The Balaban J connectivity index is 1.88. The van der Waals surface area contributed by atoms with Crippen molar-refractivity contribution in [3.05, 3.63) is 35.4 Å². The van der Waals surface area contributed by atoms with Crippen LogP contribution in [0.2, 0.25) is 0 Å². The summed E-state index contributed by atoms with van der Waals surface area (Å²) in [5.41, 5.74) is 2.71. The van der Waals surface area contributed by atoms with Gasteiger partial charge >= 0.3 is 0 Å². The zero-order valence-electron chi connectivity index (χ0n) is 11.3. The van der Waals surface area contributed by atoms with Crippen molar-refractivity contribution in [1.82, 2.24) is 9.80 Å². The molecule has 96 valence electrons. The second-order valence-electron chi connectivity index (χ2n) is 5.24. The molecule has 0 N–H and O–H groups in total. The topological polar surface area (TPSA) is 30.3 Å². The number of rotatable bonds is 4. The molecule has 0 saturated carbocycles. The van der Waals surface area contributed by atoms with Gasteiger partial charge < -0.3 is 0 Å². The minimum Gasteiger partial charge on any atom is -0.297 e. The maximum absolute atomic E-state index is 8.72. The smallest absolute Gasteiger partial charge is 0.0866 e. The average molecular weight is 243 g/mol. The van der Waals surface area contributed by atoms with Gasteiger partial charge in [-0.05, 0) is 26.0 Å². The SMILES string of the molecule is Cc1cccc(CN2CCC(N(C)CC#N)C2)c1. The number of aryl methyl sites for hydroxylation is 1. The molecule has 1 aliphatic rings. The molecule has 2 rings (SSSR count). The van der Waals surface area contributed by atoms with E-state index in [1.54, 1.807) is 0 Å². The van der Waals surface area contributed by atoms with E-state index in [-0.39, 0.29) is 0 Å². The van der Waals surface area contributed by atoms with E-state index < -0.39 is 0 Å². The van der Waals surface area contributed by atoms with Crippen LogP contribution in [0.25, 0.3) is 0 Å². The summed E-state index contributed by atoms with van der Waals surface area (Å²) in [5.74, 6) is 0. The van der Waals surface area contributed by atoms with Gasteiger partial charge in [0.05, 0.1) is 12.6 Å². The third-order valence-corrected chi connectivity index (χ3v) is 3.68. The van der Waals surface area contributed by atoms with E-state index in [1.807, 2.05) is 7.05 Å². The van der Waals surface area contributed by atoms with Gasteiger partial charge in [-0.2, -0.15) is 5.26 Å². The number of nitriles is 1. The Hall–Kier alpha value is -1.37. The molecule has 18 heavy (non-hydrogen) atoms. The zero-order chi connectivity index (χ0) is 13.0. The van der Waals surface area contributed by atoms with Gasteiger partial charge in [0.15, 0.2) is 0 Å². The van der Waals surface area contributed by atoms with Crippen LogP contribution in [0.15, 0.2) is 24.3 Å². The maximum atomic E-state index is 8.72. The van der Waals surface area contributed by atoms with Crippen molar-refractivity contribution in [1.29, 1.82) is 5.26 Å². The number of likely N-dealkylation sites (tertiary alicyclic amines) is 1. The highest BCUT2D eigenvalue weighted by molar-refractivity contribution is 5.22. The van der Waals surface area contributed by atoms with E-state index in [2.05, 4.69) is 47.1 Å². The lowest BCUT2D eigenvalue weighted by Crippen LogP contribution is -2.34. The Morgan fingerprint density at radius 3 is 3.06 bits per heavy atom. The van der Waals surface area contributed by atoms with Crippen molar-refractivity contribution in [2.24, 2.45) is 0 Å². The fraction of sp³-hybridized carbons (Fsp3) is 0.533. The molecule has 0 bridgehead atoms. The molecule has 1 aromatic rings. The summed E-state index contributed by atoms with van der Waals surface area (Å²) < 4.78 is 0. The summed E-state index contributed by atoms with van der Waals surface area (Å²) in [6.45, 7) is 5.90. The van der Waals surface area contributed by atoms with Gasteiger partial charge in [-0.15, -0.1) is 0 Å². The molecule has 3 nitrogen and oxygen atoms in total. The molecular weight excluding hydrogens is 222 g/mol. The Bertz CT molecular complexity index is 436. The van der Waals surface area contributed by atoms with Crippen LogP contribution in [0, 0.1) is 18.3 Å². The molecule has 0 radical (unpaired) electrons. The minimum atomic E-state index is 0.531. The van der Waals surface area contributed by atoms with Crippen LogP contribution in [0.3, 0.4) is 0 Å². The summed E-state index contributed by atoms with van der Waals surface area (Å²) >= 11 is 0. The van der Waals surface area contributed by atoms with Gasteiger partial charge in [-0.3, -0.25) is 9.80 Å². The lowest BCUT2D eigenvalue weighted by Gasteiger charge is -2.22. The highest BCUT2D eigenvalue weighted by Gasteiger charge is 2.25. The van der Waals surface area contributed by atoms with E-state index in [4.69, 9.17) is 5.26 Å². The summed E-state index contributed by atoms with van der Waals surface area (Å²) in [6, 6.07) is 11.5. The number of likely N-dealkylation sites (N-methyl/N-ethyl adjacent to an activating group) is 1. The van der Waals surface area contributed by atoms with Crippen molar-refractivity contribution in [3.63, 3.8) is 0 Å². The van der Waals surface area contributed by atoms with Crippen molar-refractivity contribution in [2.75, 3.05) is 26.7 Å². The highest BCUT2D eigenvalue weighted by Crippen LogP contribution is 2.17. The average Bonchev–Trinajstić information content (AvgIpc) is 2.78. The van der Waals surface area contributed by atoms with E-state index >= 15 is 0 Å². The monoisotopic (exact) mass is 243 g/mol. The first kappa shape index (κ1) is 13.1. The van der Waals surface area contributed by atoms with E-state index in [9.17, 15) is 0 Å². The predicted molar refractivity (Wildman–Crippen MR) is 73.1 cm³/mol. The van der Waals surface area contributed by atoms with Gasteiger partial charge in [0, 0.05) is 25.7 Å². The lowest BCUT2D eigenvalue weighted by molar-refractivity contribution is 0.249. The second-order valence-corrected chi connectivity index (χ2v) is 5.24. The first-order valence-electron chi connectivity index (χ1n) is 6.54. The molecule has 1 fully saturated rings. The fourth-order valence-electron chi connectivity index (χ4n) is 2.62. The molecule has 0 aromatic heterocycles. The fourth-order valence-corrected chi connectivity index (χ4v) is 2.62. The Labute approximate surface area is 110 Å².